The number of aromatic nitrogens is 3. The predicted octanol–water partition coefficient (Wildman–Crippen LogP) is 5.01. The van der Waals surface area contributed by atoms with E-state index in [1.165, 1.54) is 6.07 Å². The molecule has 0 saturated heterocycles. The van der Waals surface area contributed by atoms with Gasteiger partial charge in [-0.1, -0.05) is 18.3 Å². The van der Waals surface area contributed by atoms with Gasteiger partial charge in [0.05, 0.1) is 27.6 Å². The highest BCUT2D eigenvalue weighted by atomic mass is 32.1. The molecule has 0 saturated carbocycles. The SMILES string of the molecule is Cc1ncc(CCN(C)C)cc1Nc1ncc2c(n1)-c1ccc(C(F)(F)F)cc1NC(=S)C2. The average Bonchev–Trinajstić information content (AvgIpc) is 2.88. The van der Waals surface area contributed by atoms with Crippen LogP contribution in [-0.2, 0) is 19.0 Å². The fourth-order valence-corrected chi connectivity index (χ4v) is 3.81. The lowest BCUT2D eigenvalue weighted by atomic mass is 10.0. The lowest BCUT2D eigenvalue weighted by Crippen LogP contribution is -2.15. The van der Waals surface area contributed by atoms with Gasteiger partial charge < -0.3 is 15.5 Å². The Morgan fingerprint density at radius 3 is 2.67 bits per heavy atom. The Morgan fingerprint density at radius 1 is 1.15 bits per heavy atom. The molecule has 3 aromatic rings. The number of nitrogens with one attached hydrogen (secondary N) is 2. The van der Waals surface area contributed by atoms with Crippen molar-refractivity contribution in [2.45, 2.75) is 25.9 Å². The van der Waals surface area contributed by atoms with Gasteiger partial charge in [-0.25, -0.2) is 9.97 Å². The van der Waals surface area contributed by atoms with Crippen LogP contribution in [0.2, 0.25) is 0 Å². The van der Waals surface area contributed by atoms with E-state index in [9.17, 15) is 13.2 Å². The molecule has 4 rings (SSSR count). The van der Waals surface area contributed by atoms with E-state index in [1.54, 1.807) is 6.20 Å². The molecule has 33 heavy (non-hydrogen) atoms. The number of hydrogen-bond donors (Lipinski definition) is 2. The monoisotopic (exact) mass is 472 g/mol. The summed E-state index contributed by atoms with van der Waals surface area (Å²) in [5, 5.41) is 6.14. The number of fused-ring (bicyclic) bond motifs is 3. The summed E-state index contributed by atoms with van der Waals surface area (Å²) in [4.78, 5) is 16.0. The molecule has 0 bridgehead atoms. The minimum Gasteiger partial charge on any atom is -0.349 e. The summed E-state index contributed by atoms with van der Waals surface area (Å²) < 4.78 is 39.7. The molecule has 0 radical (unpaired) electrons. The molecule has 172 valence electrons. The summed E-state index contributed by atoms with van der Waals surface area (Å²) >= 11 is 5.32. The molecule has 0 aliphatic carbocycles. The van der Waals surface area contributed by atoms with E-state index >= 15 is 0 Å². The lowest BCUT2D eigenvalue weighted by molar-refractivity contribution is -0.137. The number of aryl methyl sites for hydroxylation is 1. The van der Waals surface area contributed by atoms with E-state index in [1.807, 2.05) is 33.3 Å². The fourth-order valence-electron chi connectivity index (χ4n) is 3.54. The van der Waals surface area contributed by atoms with Crippen LogP contribution in [0, 0.1) is 6.92 Å². The van der Waals surface area contributed by atoms with E-state index in [0.29, 0.717) is 28.6 Å². The Labute approximate surface area is 195 Å². The number of pyridine rings is 1. The summed E-state index contributed by atoms with van der Waals surface area (Å²) in [5.41, 5.74) is 4.00. The second kappa shape index (κ2) is 9.03. The molecule has 0 unspecified atom stereocenters. The van der Waals surface area contributed by atoms with Crippen molar-refractivity contribution in [2.24, 2.45) is 0 Å². The van der Waals surface area contributed by atoms with Gasteiger partial charge in [-0.2, -0.15) is 13.2 Å². The van der Waals surface area contributed by atoms with Crippen LogP contribution in [0.15, 0.2) is 36.7 Å². The highest BCUT2D eigenvalue weighted by Crippen LogP contribution is 2.38. The number of benzene rings is 1. The quantitative estimate of drug-likeness (QED) is 0.506. The number of hydrogen-bond acceptors (Lipinski definition) is 6. The first-order chi connectivity index (χ1) is 15.6. The molecule has 0 spiro atoms. The highest BCUT2D eigenvalue weighted by Gasteiger charge is 2.32. The van der Waals surface area contributed by atoms with Crippen LogP contribution in [0.5, 0.6) is 0 Å². The molecule has 2 aromatic heterocycles. The molecule has 6 nitrogen and oxygen atoms in total. The summed E-state index contributed by atoms with van der Waals surface area (Å²) in [6, 6.07) is 5.55. The van der Waals surface area contributed by atoms with Gasteiger partial charge in [-0.05, 0) is 51.2 Å². The van der Waals surface area contributed by atoms with Gasteiger partial charge in [-0.15, -0.1) is 0 Å². The maximum absolute atomic E-state index is 13.2. The number of alkyl halides is 3. The van der Waals surface area contributed by atoms with E-state index in [4.69, 9.17) is 12.2 Å². The van der Waals surface area contributed by atoms with Gasteiger partial charge >= 0.3 is 6.18 Å². The van der Waals surface area contributed by atoms with Crippen molar-refractivity contribution in [1.82, 2.24) is 19.9 Å². The molecule has 0 atom stereocenters. The summed E-state index contributed by atoms with van der Waals surface area (Å²) in [6.45, 7) is 2.78. The van der Waals surface area contributed by atoms with Gasteiger partial charge in [-0.3, -0.25) is 4.98 Å². The van der Waals surface area contributed by atoms with E-state index < -0.39 is 11.7 Å². The number of rotatable bonds is 5. The van der Waals surface area contributed by atoms with Crippen LogP contribution < -0.4 is 10.6 Å². The van der Waals surface area contributed by atoms with Crippen molar-refractivity contribution in [3.8, 4) is 11.3 Å². The molecule has 10 heteroatoms. The van der Waals surface area contributed by atoms with Crippen LogP contribution in [0.3, 0.4) is 0 Å². The molecule has 1 aliphatic heterocycles. The highest BCUT2D eigenvalue weighted by molar-refractivity contribution is 7.80. The third-order valence-corrected chi connectivity index (χ3v) is 5.58. The Balaban J connectivity index is 1.70. The van der Waals surface area contributed by atoms with Crippen LogP contribution in [0.1, 0.15) is 22.4 Å². The number of halogens is 3. The molecule has 0 fully saturated rings. The average molecular weight is 473 g/mol. The lowest BCUT2D eigenvalue weighted by Gasteiger charge is -2.14. The summed E-state index contributed by atoms with van der Waals surface area (Å²) in [5.74, 6) is 0.335. The van der Waals surface area contributed by atoms with Gasteiger partial charge in [0, 0.05) is 42.2 Å². The maximum atomic E-state index is 13.2. The molecular formula is C23H23F3N6S. The first-order valence-electron chi connectivity index (χ1n) is 10.3. The van der Waals surface area contributed by atoms with Crippen molar-refractivity contribution in [1.29, 1.82) is 0 Å². The first kappa shape index (κ1) is 23.1. The third kappa shape index (κ3) is 5.28. The van der Waals surface area contributed by atoms with Crippen molar-refractivity contribution in [2.75, 3.05) is 31.3 Å². The molecule has 1 aromatic carbocycles. The van der Waals surface area contributed by atoms with E-state index in [2.05, 4.69) is 30.5 Å². The first-order valence-corrected chi connectivity index (χ1v) is 10.8. The summed E-state index contributed by atoms with van der Waals surface area (Å²) in [7, 11) is 4.03. The molecular weight excluding hydrogens is 449 g/mol. The van der Waals surface area contributed by atoms with Gasteiger partial charge in [0.2, 0.25) is 5.95 Å². The van der Waals surface area contributed by atoms with Crippen LogP contribution in [0.25, 0.3) is 11.3 Å². The van der Waals surface area contributed by atoms with Crippen molar-refractivity contribution >= 4 is 34.5 Å². The Morgan fingerprint density at radius 2 is 1.94 bits per heavy atom. The minimum absolute atomic E-state index is 0.279. The molecule has 0 amide bonds. The number of nitrogens with zero attached hydrogens (tertiary/aromatic N) is 4. The smallest absolute Gasteiger partial charge is 0.349 e. The van der Waals surface area contributed by atoms with E-state index in [0.717, 1.165) is 47.6 Å². The van der Waals surface area contributed by atoms with Crippen LogP contribution in [0.4, 0.5) is 30.5 Å². The topological polar surface area (TPSA) is 66.0 Å². The molecule has 3 heterocycles. The van der Waals surface area contributed by atoms with Crippen LogP contribution >= 0.6 is 12.2 Å². The molecule has 1 aliphatic rings. The fraction of sp³-hybridized carbons (Fsp3) is 0.304. The second-order valence-electron chi connectivity index (χ2n) is 8.21. The number of anilines is 3. The van der Waals surface area contributed by atoms with Crippen molar-refractivity contribution in [3.05, 3.63) is 59.0 Å². The van der Waals surface area contributed by atoms with Crippen molar-refractivity contribution in [3.63, 3.8) is 0 Å². The third-order valence-electron chi connectivity index (χ3n) is 5.33. The van der Waals surface area contributed by atoms with Gasteiger partial charge in [0.1, 0.15) is 0 Å². The van der Waals surface area contributed by atoms with Crippen molar-refractivity contribution < 1.29 is 13.2 Å². The maximum Gasteiger partial charge on any atom is 0.416 e. The number of thiocarbonyl (C=S) groups is 1. The standard InChI is InChI=1S/C23H23F3N6S/c1-13-18(8-14(11-27-13)6-7-32(2)3)30-22-28-12-15-9-20(33)29-19-10-16(23(24,25)26)4-5-17(19)21(15)31-22/h4-5,8,10-12H,6-7,9H2,1-3H3,(H,29,33)(H,28,30,31). The normalized spacial score (nSPS) is 13.2. The second-order valence-corrected chi connectivity index (χ2v) is 8.70. The number of likely N-dealkylation sites (N-methyl/N-ethyl adjacent to an activating group) is 1. The van der Waals surface area contributed by atoms with Gasteiger partial charge in [0.25, 0.3) is 0 Å². The Hall–Kier alpha value is -3.11. The van der Waals surface area contributed by atoms with E-state index in [-0.39, 0.29) is 5.69 Å². The van der Waals surface area contributed by atoms with Gasteiger partial charge in [0.15, 0.2) is 0 Å². The Kier molecular flexibility index (Phi) is 6.31. The zero-order valence-corrected chi connectivity index (χ0v) is 19.2. The predicted molar refractivity (Wildman–Crippen MR) is 127 cm³/mol. The molecule has 2 N–H and O–H groups in total. The zero-order chi connectivity index (χ0) is 23.8. The largest absolute Gasteiger partial charge is 0.416 e. The zero-order valence-electron chi connectivity index (χ0n) is 18.4. The minimum atomic E-state index is -4.45. The summed E-state index contributed by atoms with van der Waals surface area (Å²) in [6.07, 6.45) is 0.237. The Bertz CT molecular complexity index is 1210. The van der Waals surface area contributed by atoms with Crippen LogP contribution in [-0.4, -0.2) is 45.5 Å².